The molecule has 6 rings (SSSR count). The van der Waals surface area contributed by atoms with Gasteiger partial charge in [-0.2, -0.15) is 0 Å². The van der Waals surface area contributed by atoms with E-state index in [9.17, 15) is 29.4 Å². The second-order valence-corrected chi connectivity index (χ2v) is 14.7. The van der Waals surface area contributed by atoms with Crippen molar-refractivity contribution in [3.05, 3.63) is 67.7 Å². The highest BCUT2D eigenvalue weighted by Crippen LogP contribution is 2.25. The molecule has 0 atom stereocenters. The van der Waals surface area contributed by atoms with E-state index in [-0.39, 0.29) is 22.4 Å². The molecule has 56 heavy (non-hydrogen) atoms. The van der Waals surface area contributed by atoms with Crippen LogP contribution in [0, 0.1) is 11.6 Å². The molecular formula is C40H52F2N8O6. The number of unbranched alkanes of at least 4 members (excludes halogenated alkanes) is 7. The standard InChI is InChI=1S/C40H52F2N8O6/c1-3-47-25-29(39(53)54)33(51)27-23-31(41)37(43-35(27)47)49-19-15-45(16-20-49)13-11-9-7-5-6-8-10-12-14-46-17-21-50(22-18-46)38-32(42)24-28-34(52)30(40(55)56)26-48(4-2)36(28)44-38/h23-26H,3-22H2,1-2H3,(H,53,54)(H,55,56). The van der Waals surface area contributed by atoms with Gasteiger partial charge in [-0.15, -0.1) is 0 Å². The number of halogens is 2. The van der Waals surface area contributed by atoms with Crippen LogP contribution in [0.2, 0.25) is 0 Å². The van der Waals surface area contributed by atoms with E-state index in [1.807, 2.05) is 23.6 Å². The summed E-state index contributed by atoms with van der Waals surface area (Å²) in [6, 6.07) is 2.25. The molecule has 0 bridgehead atoms. The zero-order valence-electron chi connectivity index (χ0n) is 32.3. The molecule has 0 saturated carbocycles. The van der Waals surface area contributed by atoms with Gasteiger partial charge in [-0.1, -0.05) is 38.5 Å². The van der Waals surface area contributed by atoms with Crippen LogP contribution in [0.4, 0.5) is 20.4 Å². The van der Waals surface area contributed by atoms with E-state index in [2.05, 4.69) is 19.8 Å². The molecule has 2 N–H and O–H groups in total. The van der Waals surface area contributed by atoms with Gasteiger partial charge in [0.15, 0.2) is 23.3 Å². The monoisotopic (exact) mass is 778 g/mol. The fourth-order valence-corrected chi connectivity index (χ4v) is 7.88. The summed E-state index contributed by atoms with van der Waals surface area (Å²) in [6.07, 6.45) is 12.0. The summed E-state index contributed by atoms with van der Waals surface area (Å²) >= 11 is 0. The van der Waals surface area contributed by atoms with Gasteiger partial charge < -0.3 is 29.1 Å². The highest BCUT2D eigenvalue weighted by Gasteiger charge is 2.25. The number of carbonyl (C=O) groups is 2. The van der Waals surface area contributed by atoms with Crippen molar-refractivity contribution in [3.63, 3.8) is 0 Å². The Balaban J connectivity index is 0.842. The Morgan fingerprint density at radius 1 is 0.589 bits per heavy atom. The number of carboxylic acid groups (broad SMARTS) is 2. The number of nitrogens with zero attached hydrogens (tertiary/aromatic N) is 8. The lowest BCUT2D eigenvalue weighted by molar-refractivity contribution is 0.0684. The van der Waals surface area contributed by atoms with Crippen LogP contribution in [0.3, 0.4) is 0 Å². The van der Waals surface area contributed by atoms with Crippen LogP contribution in [0.25, 0.3) is 22.1 Å². The molecule has 0 aliphatic carbocycles. The Bertz CT molecular complexity index is 2020. The first-order valence-corrected chi connectivity index (χ1v) is 19.9. The predicted molar refractivity (Wildman–Crippen MR) is 211 cm³/mol. The second kappa shape index (κ2) is 18.3. The maximum absolute atomic E-state index is 15.2. The summed E-state index contributed by atoms with van der Waals surface area (Å²) in [5, 5.41) is 18.7. The zero-order valence-corrected chi connectivity index (χ0v) is 32.3. The average Bonchev–Trinajstić information content (AvgIpc) is 3.19. The first-order chi connectivity index (χ1) is 27.0. The van der Waals surface area contributed by atoms with Crippen LogP contribution in [-0.4, -0.2) is 117 Å². The van der Waals surface area contributed by atoms with Gasteiger partial charge in [0.05, 0.1) is 10.8 Å². The smallest absolute Gasteiger partial charge is 0.341 e. The largest absolute Gasteiger partial charge is 0.477 e. The van der Waals surface area contributed by atoms with E-state index >= 15 is 8.78 Å². The molecule has 4 aromatic heterocycles. The average molecular weight is 779 g/mol. The van der Waals surface area contributed by atoms with Gasteiger partial charge >= 0.3 is 11.9 Å². The molecule has 2 aliphatic heterocycles. The Kier molecular flexibility index (Phi) is 13.3. The lowest BCUT2D eigenvalue weighted by atomic mass is 10.1. The first kappa shape index (κ1) is 40.7. The number of aryl methyl sites for hydroxylation is 2. The van der Waals surface area contributed by atoms with Crippen LogP contribution in [0.5, 0.6) is 0 Å². The van der Waals surface area contributed by atoms with Gasteiger partial charge in [-0.25, -0.2) is 28.3 Å². The summed E-state index contributed by atoms with van der Waals surface area (Å²) in [4.78, 5) is 66.0. The van der Waals surface area contributed by atoms with E-state index in [0.717, 1.165) is 64.2 Å². The van der Waals surface area contributed by atoms with Crippen LogP contribution in [0.15, 0.2) is 34.1 Å². The normalized spacial score (nSPS) is 15.6. The van der Waals surface area contributed by atoms with E-state index in [0.29, 0.717) is 50.6 Å². The summed E-state index contributed by atoms with van der Waals surface area (Å²) in [7, 11) is 0. The Morgan fingerprint density at radius 3 is 1.25 bits per heavy atom. The molecule has 4 aromatic rings. The zero-order chi connectivity index (χ0) is 39.9. The maximum atomic E-state index is 15.2. The number of fused-ring (bicyclic) bond motifs is 2. The Hall–Kier alpha value is -4.96. The van der Waals surface area contributed by atoms with Crippen LogP contribution >= 0.6 is 0 Å². The van der Waals surface area contributed by atoms with E-state index < -0.39 is 45.6 Å². The fraction of sp³-hybridized carbons (Fsp3) is 0.550. The SMILES string of the molecule is CCn1cc(C(=O)O)c(=O)c2cc(F)c(N3CCN(CCCCCCCCCCN4CCN(c5nc6c(cc5F)c(=O)c(C(=O)O)cn6CC)CC4)CC3)nc21. The van der Waals surface area contributed by atoms with Gasteiger partial charge in [-0.3, -0.25) is 19.4 Å². The minimum absolute atomic E-state index is 0.0243. The van der Waals surface area contributed by atoms with Gasteiger partial charge in [0.1, 0.15) is 22.4 Å². The third-order valence-corrected chi connectivity index (χ3v) is 11.2. The molecule has 0 spiro atoms. The number of rotatable bonds is 17. The number of hydrogen-bond acceptors (Lipinski definition) is 10. The predicted octanol–water partition coefficient (Wildman–Crippen LogP) is 4.89. The maximum Gasteiger partial charge on any atom is 0.341 e. The van der Waals surface area contributed by atoms with Gasteiger partial charge in [0, 0.05) is 77.8 Å². The van der Waals surface area contributed by atoms with E-state index in [4.69, 9.17) is 0 Å². The van der Waals surface area contributed by atoms with Crippen LogP contribution in [-0.2, 0) is 13.1 Å². The third kappa shape index (κ3) is 9.02. The van der Waals surface area contributed by atoms with Crippen molar-refractivity contribution in [1.29, 1.82) is 0 Å². The molecule has 302 valence electrons. The highest BCUT2D eigenvalue weighted by molar-refractivity contribution is 5.93. The van der Waals surface area contributed by atoms with Crippen molar-refractivity contribution >= 4 is 45.6 Å². The molecular weight excluding hydrogens is 726 g/mol. The van der Waals surface area contributed by atoms with Crippen LogP contribution < -0.4 is 20.7 Å². The number of piperazine rings is 2. The number of pyridine rings is 4. The molecule has 0 unspecified atom stereocenters. The van der Waals surface area contributed by atoms with Crippen molar-refractivity contribution in [1.82, 2.24) is 28.9 Å². The Morgan fingerprint density at radius 2 is 0.929 bits per heavy atom. The summed E-state index contributed by atoms with van der Waals surface area (Å²) in [5.74, 6) is -3.53. The summed E-state index contributed by atoms with van der Waals surface area (Å²) in [6.45, 7) is 12.1. The van der Waals surface area contributed by atoms with Gasteiger partial charge in [0.25, 0.3) is 0 Å². The minimum atomic E-state index is -1.34. The molecule has 0 aromatic carbocycles. The molecule has 14 nitrogen and oxygen atoms in total. The molecule has 16 heteroatoms. The number of anilines is 2. The Labute approximate surface area is 324 Å². The highest BCUT2D eigenvalue weighted by atomic mass is 19.1. The van der Waals surface area contributed by atoms with Gasteiger partial charge in [0.2, 0.25) is 10.9 Å². The molecule has 6 heterocycles. The van der Waals surface area contributed by atoms with E-state index in [1.54, 1.807) is 9.13 Å². The molecule has 2 saturated heterocycles. The van der Waals surface area contributed by atoms with Crippen molar-refractivity contribution in [2.75, 3.05) is 75.2 Å². The number of hydrogen-bond donors (Lipinski definition) is 2. The van der Waals surface area contributed by atoms with Crippen molar-refractivity contribution in [3.8, 4) is 0 Å². The lowest BCUT2D eigenvalue weighted by Crippen LogP contribution is -2.47. The van der Waals surface area contributed by atoms with E-state index in [1.165, 1.54) is 50.9 Å². The molecule has 2 fully saturated rings. The quantitative estimate of drug-likeness (QED) is 0.140. The molecule has 0 radical (unpaired) electrons. The number of aromatic nitrogens is 4. The van der Waals surface area contributed by atoms with Crippen molar-refractivity contribution in [2.45, 2.75) is 78.3 Å². The van der Waals surface area contributed by atoms with Crippen molar-refractivity contribution in [2.24, 2.45) is 0 Å². The molecule has 2 aliphatic rings. The lowest BCUT2D eigenvalue weighted by Gasteiger charge is -2.35. The third-order valence-electron chi connectivity index (χ3n) is 11.2. The van der Waals surface area contributed by atoms with Crippen LogP contribution in [0.1, 0.15) is 85.9 Å². The summed E-state index contributed by atoms with van der Waals surface area (Å²) < 4.78 is 33.5. The fourth-order valence-electron chi connectivity index (χ4n) is 7.88. The number of aromatic carboxylic acids is 2. The topological polar surface area (TPSA) is 157 Å². The van der Waals surface area contributed by atoms with Crippen molar-refractivity contribution < 1.29 is 28.6 Å². The number of carboxylic acids is 2. The minimum Gasteiger partial charge on any atom is -0.477 e. The molecule has 0 amide bonds. The summed E-state index contributed by atoms with van der Waals surface area (Å²) in [5.41, 5.74) is -1.66. The second-order valence-electron chi connectivity index (χ2n) is 14.7. The van der Waals surface area contributed by atoms with Gasteiger partial charge in [-0.05, 0) is 51.9 Å². The first-order valence-electron chi connectivity index (χ1n) is 19.9.